The molecule has 0 aliphatic carbocycles. The predicted molar refractivity (Wildman–Crippen MR) is 141 cm³/mol. The molecule has 1 unspecified atom stereocenters. The van der Waals surface area contributed by atoms with E-state index in [4.69, 9.17) is 0 Å². The molecular formula is C28H26N4O2S. The van der Waals surface area contributed by atoms with Gasteiger partial charge in [-0.3, -0.25) is 18.6 Å². The fourth-order valence-electron chi connectivity index (χ4n) is 4.18. The van der Waals surface area contributed by atoms with Gasteiger partial charge in [0.05, 0.1) is 22.7 Å². The van der Waals surface area contributed by atoms with E-state index in [9.17, 15) is 9.59 Å². The molecule has 0 bridgehead atoms. The maximum atomic E-state index is 13.4. The Balaban J connectivity index is 1.56. The third-order valence-electron chi connectivity index (χ3n) is 6.24. The van der Waals surface area contributed by atoms with Crippen LogP contribution in [0.25, 0.3) is 16.7 Å². The molecule has 7 heteroatoms. The molecule has 3 aromatic carbocycles. The molecule has 0 N–H and O–H groups in total. The average molecular weight is 483 g/mol. The first-order valence-corrected chi connectivity index (χ1v) is 12.6. The topological polar surface area (TPSA) is 69.3 Å². The molecule has 0 saturated carbocycles. The molecule has 2 heterocycles. The molecular weight excluding hydrogens is 456 g/mol. The number of carbonyl (C=O) groups is 1. The van der Waals surface area contributed by atoms with E-state index in [0.29, 0.717) is 28.4 Å². The van der Waals surface area contributed by atoms with Crippen molar-refractivity contribution in [3.8, 4) is 0 Å². The Kier molecular flexibility index (Phi) is 6.26. The summed E-state index contributed by atoms with van der Waals surface area (Å²) in [6.07, 6.45) is 0.932. The summed E-state index contributed by atoms with van der Waals surface area (Å²) in [7, 11) is 0. The van der Waals surface area contributed by atoms with E-state index in [1.807, 2.05) is 91.0 Å². The second-order valence-electron chi connectivity index (χ2n) is 8.69. The molecule has 5 rings (SSSR count). The molecule has 2 aromatic heterocycles. The summed E-state index contributed by atoms with van der Waals surface area (Å²) >= 11 is 1.35. The van der Waals surface area contributed by atoms with Crippen LogP contribution in [0.3, 0.4) is 0 Å². The maximum absolute atomic E-state index is 13.4. The first kappa shape index (κ1) is 23.1. The average Bonchev–Trinajstić information content (AvgIpc) is 3.30. The number of hydrogen-bond donors (Lipinski definition) is 0. The highest BCUT2D eigenvalue weighted by Gasteiger charge is 2.22. The molecule has 6 nitrogen and oxygen atoms in total. The number of carbonyl (C=O) groups excluding carboxylic acids is 1. The number of aromatic nitrogens is 4. The molecule has 0 aliphatic rings. The Hall–Kier alpha value is -3.71. The van der Waals surface area contributed by atoms with Crippen LogP contribution >= 0.6 is 11.8 Å². The minimum Gasteiger partial charge on any atom is -0.293 e. The minimum atomic E-state index is -0.369. The van der Waals surface area contributed by atoms with Crippen LogP contribution in [0.15, 0.2) is 82.7 Å². The third-order valence-corrected chi connectivity index (χ3v) is 7.28. The number of fused-ring (bicyclic) bond motifs is 3. The van der Waals surface area contributed by atoms with Crippen LogP contribution in [0.2, 0.25) is 0 Å². The van der Waals surface area contributed by atoms with Crippen molar-refractivity contribution >= 4 is 34.2 Å². The number of aryl methyl sites for hydroxylation is 2. The Bertz CT molecular complexity index is 1580. The molecule has 0 saturated heterocycles. The lowest BCUT2D eigenvalue weighted by Crippen LogP contribution is -2.24. The smallest absolute Gasteiger partial charge is 0.263 e. The molecule has 5 aromatic rings. The van der Waals surface area contributed by atoms with Crippen LogP contribution in [0.5, 0.6) is 0 Å². The van der Waals surface area contributed by atoms with Crippen molar-refractivity contribution in [2.75, 3.05) is 0 Å². The lowest BCUT2D eigenvalue weighted by atomic mass is 10.1. The van der Waals surface area contributed by atoms with Gasteiger partial charge in [0.2, 0.25) is 5.78 Å². The van der Waals surface area contributed by atoms with Gasteiger partial charge in [-0.05, 0) is 43.5 Å². The van der Waals surface area contributed by atoms with Crippen molar-refractivity contribution in [3.63, 3.8) is 0 Å². The number of Topliss-reactive ketones (excluding diaryl/α,β-unsaturated/α-hetero) is 1. The van der Waals surface area contributed by atoms with Gasteiger partial charge in [0.15, 0.2) is 10.9 Å². The van der Waals surface area contributed by atoms with E-state index in [0.717, 1.165) is 23.1 Å². The Labute approximate surface area is 207 Å². The van der Waals surface area contributed by atoms with E-state index >= 15 is 0 Å². The summed E-state index contributed by atoms with van der Waals surface area (Å²) in [6, 6.07) is 23.3. The standard InChI is InChI=1S/C28H26N4O2S/c1-4-20-13-15-22(16-14-20)25(33)19(3)35-28-30-29-27-31(17-21-11-9-18(2)10-12-21)26(34)23-7-5-6-8-24(23)32(27)28/h5-16,19H,4,17H2,1-3H3. The zero-order chi connectivity index (χ0) is 24.5. The van der Waals surface area contributed by atoms with Crippen LogP contribution in [0, 0.1) is 6.92 Å². The number of benzene rings is 3. The van der Waals surface area contributed by atoms with Gasteiger partial charge in [0.1, 0.15) is 0 Å². The summed E-state index contributed by atoms with van der Waals surface area (Å²) in [5.74, 6) is 0.496. The van der Waals surface area contributed by atoms with Crippen molar-refractivity contribution in [2.24, 2.45) is 0 Å². The summed E-state index contributed by atoms with van der Waals surface area (Å²) in [6.45, 7) is 6.39. The SMILES string of the molecule is CCc1ccc(C(=O)C(C)Sc2nnc3n(Cc4ccc(C)cc4)c(=O)c4ccccc4n23)cc1. The number of hydrogen-bond acceptors (Lipinski definition) is 5. The highest BCUT2D eigenvalue weighted by molar-refractivity contribution is 8.00. The molecule has 0 radical (unpaired) electrons. The summed E-state index contributed by atoms with van der Waals surface area (Å²) < 4.78 is 3.54. The zero-order valence-corrected chi connectivity index (χ0v) is 20.7. The summed E-state index contributed by atoms with van der Waals surface area (Å²) in [5.41, 5.74) is 4.66. The Morgan fingerprint density at radius 3 is 2.34 bits per heavy atom. The molecule has 0 aliphatic heterocycles. The molecule has 1 atom stereocenters. The van der Waals surface area contributed by atoms with Crippen LogP contribution in [-0.4, -0.2) is 30.2 Å². The van der Waals surface area contributed by atoms with Gasteiger partial charge >= 0.3 is 0 Å². The monoisotopic (exact) mass is 482 g/mol. The number of thioether (sulfide) groups is 1. The van der Waals surface area contributed by atoms with Crippen molar-refractivity contribution in [2.45, 2.75) is 44.1 Å². The van der Waals surface area contributed by atoms with E-state index in [1.165, 1.54) is 17.3 Å². The van der Waals surface area contributed by atoms with Crippen molar-refractivity contribution in [1.82, 2.24) is 19.2 Å². The zero-order valence-electron chi connectivity index (χ0n) is 19.9. The first-order valence-electron chi connectivity index (χ1n) is 11.7. The number of para-hydroxylation sites is 1. The molecule has 35 heavy (non-hydrogen) atoms. The number of rotatable bonds is 7. The van der Waals surface area contributed by atoms with Crippen LogP contribution in [0.4, 0.5) is 0 Å². The first-order chi connectivity index (χ1) is 17.0. The largest absolute Gasteiger partial charge is 0.293 e. The van der Waals surface area contributed by atoms with Crippen molar-refractivity contribution in [1.29, 1.82) is 0 Å². The molecule has 0 amide bonds. The van der Waals surface area contributed by atoms with Gasteiger partial charge in [-0.2, -0.15) is 0 Å². The molecule has 0 spiro atoms. The minimum absolute atomic E-state index is 0.0340. The lowest BCUT2D eigenvalue weighted by Gasteiger charge is -2.13. The van der Waals surface area contributed by atoms with Gasteiger partial charge < -0.3 is 0 Å². The van der Waals surface area contributed by atoms with Gasteiger partial charge in [0.25, 0.3) is 5.56 Å². The third kappa shape index (κ3) is 4.39. The van der Waals surface area contributed by atoms with Gasteiger partial charge in [-0.15, -0.1) is 10.2 Å². The second kappa shape index (κ2) is 9.50. The Morgan fingerprint density at radius 1 is 0.943 bits per heavy atom. The van der Waals surface area contributed by atoms with Crippen LogP contribution in [0.1, 0.15) is 40.9 Å². The van der Waals surface area contributed by atoms with Gasteiger partial charge in [0, 0.05) is 5.56 Å². The van der Waals surface area contributed by atoms with E-state index < -0.39 is 0 Å². The van der Waals surface area contributed by atoms with E-state index in [-0.39, 0.29) is 16.6 Å². The molecule has 176 valence electrons. The quantitative estimate of drug-likeness (QED) is 0.232. The predicted octanol–water partition coefficient (Wildman–Crippen LogP) is 5.33. The number of nitrogens with zero attached hydrogens (tertiary/aromatic N) is 4. The number of ketones is 1. The van der Waals surface area contributed by atoms with Crippen LogP contribution < -0.4 is 5.56 Å². The van der Waals surface area contributed by atoms with E-state index in [1.54, 1.807) is 4.57 Å². The van der Waals surface area contributed by atoms with E-state index in [2.05, 4.69) is 17.1 Å². The summed E-state index contributed by atoms with van der Waals surface area (Å²) in [5, 5.41) is 9.61. The van der Waals surface area contributed by atoms with Gasteiger partial charge in [-0.1, -0.05) is 84.9 Å². The highest BCUT2D eigenvalue weighted by atomic mass is 32.2. The Morgan fingerprint density at radius 2 is 1.63 bits per heavy atom. The second-order valence-corrected chi connectivity index (χ2v) is 9.99. The lowest BCUT2D eigenvalue weighted by molar-refractivity contribution is 0.0994. The fraction of sp³-hybridized carbons (Fsp3) is 0.214. The molecule has 0 fully saturated rings. The van der Waals surface area contributed by atoms with Crippen LogP contribution in [-0.2, 0) is 13.0 Å². The van der Waals surface area contributed by atoms with Crippen molar-refractivity contribution in [3.05, 3.63) is 105 Å². The van der Waals surface area contributed by atoms with Gasteiger partial charge in [-0.25, -0.2) is 0 Å². The maximum Gasteiger partial charge on any atom is 0.263 e. The highest BCUT2D eigenvalue weighted by Crippen LogP contribution is 2.27. The van der Waals surface area contributed by atoms with Crippen molar-refractivity contribution < 1.29 is 4.79 Å². The normalized spacial score (nSPS) is 12.3. The fourth-order valence-corrected chi connectivity index (χ4v) is 5.11. The summed E-state index contributed by atoms with van der Waals surface area (Å²) in [4.78, 5) is 26.5.